The first-order valence-corrected chi connectivity index (χ1v) is 13.1. The van der Waals surface area contributed by atoms with Crippen molar-refractivity contribution in [2.24, 2.45) is 5.92 Å². The van der Waals surface area contributed by atoms with Gasteiger partial charge in [0.05, 0.1) is 30.1 Å². The highest BCUT2D eigenvalue weighted by Crippen LogP contribution is 2.34. The molecule has 1 aromatic carbocycles. The van der Waals surface area contributed by atoms with E-state index in [4.69, 9.17) is 0 Å². The average molecular weight is 520 g/mol. The number of carbonyl (C=O) groups excluding carboxylic acids is 1. The van der Waals surface area contributed by atoms with E-state index in [0.717, 1.165) is 25.7 Å². The minimum atomic E-state index is -1.11. The number of piperidine rings is 1. The van der Waals surface area contributed by atoms with Crippen molar-refractivity contribution in [3.05, 3.63) is 71.4 Å². The topological polar surface area (TPSA) is 111 Å². The predicted molar refractivity (Wildman–Crippen MR) is 137 cm³/mol. The molecule has 0 unspecified atom stereocenters. The normalized spacial score (nSPS) is 21.6. The predicted octanol–water partition coefficient (Wildman–Crippen LogP) is 2.70. The van der Waals surface area contributed by atoms with Crippen LogP contribution in [0, 0.1) is 11.7 Å². The van der Waals surface area contributed by atoms with Gasteiger partial charge in [0.25, 0.3) is 5.56 Å². The number of likely N-dealkylation sites (tertiary alicyclic amines) is 1. The number of hydrogen-bond acceptors (Lipinski definition) is 6. The molecule has 4 heterocycles. The Labute approximate surface area is 218 Å². The van der Waals surface area contributed by atoms with E-state index in [1.54, 1.807) is 18.3 Å². The van der Waals surface area contributed by atoms with Crippen molar-refractivity contribution in [3.8, 4) is 5.69 Å². The molecule has 0 spiro atoms. The Morgan fingerprint density at radius 3 is 2.50 bits per heavy atom. The minimum Gasteiger partial charge on any atom is -0.388 e. The van der Waals surface area contributed by atoms with Crippen LogP contribution in [0.3, 0.4) is 0 Å². The zero-order chi connectivity index (χ0) is 26.3. The molecule has 6 rings (SSSR count). The number of aliphatic hydroxyl groups is 1. The van der Waals surface area contributed by atoms with Crippen molar-refractivity contribution in [2.75, 3.05) is 13.1 Å². The quantitative estimate of drug-likeness (QED) is 0.434. The highest BCUT2D eigenvalue weighted by Gasteiger charge is 2.37. The van der Waals surface area contributed by atoms with E-state index in [2.05, 4.69) is 15.2 Å². The second-order valence-electron chi connectivity index (χ2n) is 10.5. The van der Waals surface area contributed by atoms with Crippen molar-refractivity contribution < 1.29 is 14.3 Å². The highest BCUT2D eigenvalue weighted by molar-refractivity contribution is 5.79. The second kappa shape index (κ2) is 9.79. The third-order valence-corrected chi connectivity index (χ3v) is 8.04. The molecule has 1 saturated heterocycles. The standard InChI is InChI=1S/C27H30FN7O3/c28-20-4-8-22(9-5-20)35-24-23(16-31-35)26(37)33(18-29-24)17-27(38)10-14-32(15-11-27)25(36)19-2-6-21(7-3-19)34-13-1-12-30-34/h1,4-5,8-9,12-13,16,18-19,21,38H,2-3,6-7,10-11,14-15,17H2. The highest BCUT2D eigenvalue weighted by atomic mass is 19.1. The third kappa shape index (κ3) is 4.62. The molecule has 0 bridgehead atoms. The summed E-state index contributed by atoms with van der Waals surface area (Å²) in [5.74, 6) is -0.182. The van der Waals surface area contributed by atoms with E-state index in [-0.39, 0.29) is 29.7 Å². The van der Waals surface area contributed by atoms with Crippen LogP contribution in [0.1, 0.15) is 44.6 Å². The molecule has 1 N–H and O–H groups in total. The van der Waals surface area contributed by atoms with E-state index in [1.807, 2.05) is 21.8 Å². The molecule has 198 valence electrons. The van der Waals surface area contributed by atoms with Gasteiger partial charge in [0, 0.05) is 31.4 Å². The maximum absolute atomic E-state index is 13.3. The lowest BCUT2D eigenvalue weighted by Crippen LogP contribution is -2.51. The number of nitrogens with zero attached hydrogens (tertiary/aromatic N) is 7. The Hall–Kier alpha value is -3.86. The maximum Gasteiger partial charge on any atom is 0.264 e. The smallest absolute Gasteiger partial charge is 0.264 e. The maximum atomic E-state index is 13.3. The molecule has 2 fully saturated rings. The molecule has 1 saturated carbocycles. The molecule has 11 heteroatoms. The van der Waals surface area contributed by atoms with Crippen LogP contribution in [0.15, 0.2) is 60.0 Å². The van der Waals surface area contributed by atoms with E-state index in [0.29, 0.717) is 48.7 Å². The lowest BCUT2D eigenvalue weighted by atomic mass is 9.84. The zero-order valence-electron chi connectivity index (χ0n) is 21.0. The largest absolute Gasteiger partial charge is 0.388 e. The molecule has 3 aromatic heterocycles. The summed E-state index contributed by atoms with van der Waals surface area (Å²) in [5, 5.41) is 20.2. The summed E-state index contributed by atoms with van der Waals surface area (Å²) in [4.78, 5) is 32.6. The summed E-state index contributed by atoms with van der Waals surface area (Å²) in [6.45, 7) is 1.01. The van der Waals surface area contributed by atoms with Crippen molar-refractivity contribution in [3.63, 3.8) is 0 Å². The van der Waals surface area contributed by atoms with Gasteiger partial charge in [0.15, 0.2) is 5.65 Å². The fourth-order valence-corrected chi connectivity index (χ4v) is 5.79. The minimum absolute atomic E-state index is 0.0138. The first kappa shape index (κ1) is 24.5. The number of halogens is 1. The average Bonchev–Trinajstić information content (AvgIpc) is 3.62. The van der Waals surface area contributed by atoms with Gasteiger partial charge in [0.2, 0.25) is 5.91 Å². The Bertz CT molecular complexity index is 1480. The van der Waals surface area contributed by atoms with Gasteiger partial charge in [-0.05, 0) is 68.9 Å². The summed E-state index contributed by atoms with van der Waals surface area (Å²) >= 11 is 0. The van der Waals surface area contributed by atoms with Gasteiger partial charge in [-0.1, -0.05) is 0 Å². The fourth-order valence-electron chi connectivity index (χ4n) is 5.79. The third-order valence-electron chi connectivity index (χ3n) is 8.04. The second-order valence-corrected chi connectivity index (χ2v) is 10.5. The van der Waals surface area contributed by atoms with Gasteiger partial charge in [-0.25, -0.2) is 14.1 Å². The van der Waals surface area contributed by atoms with Crippen molar-refractivity contribution in [1.29, 1.82) is 0 Å². The first-order chi connectivity index (χ1) is 18.4. The number of fused-ring (bicyclic) bond motifs is 1. The Morgan fingerprint density at radius 2 is 1.82 bits per heavy atom. The molecule has 1 aliphatic carbocycles. The first-order valence-electron chi connectivity index (χ1n) is 13.1. The zero-order valence-corrected chi connectivity index (χ0v) is 21.0. The Kier molecular flexibility index (Phi) is 6.30. The van der Waals surface area contributed by atoms with Crippen molar-refractivity contribution in [1.82, 2.24) is 34.0 Å². The number of rotatable bonds is 5. The van der Waals surface area contributed by atoms with Gasteiger partial charge >= 0.3 is 0 Å². The summed E-state index contributed by atoms with van der Waals surface area (Å²) in [5.41, 5.74) is -0.450. The molecule has 4 aromatic rings. The number of carbonyl (C=O) groups is 1. The monoisotopic (exact) mass is 519 g/mol. The summed E-state index contributed by atoms with van der Waals surface area (Å²) in [6, 6.07) is 8.06. The molecule has 0 radical (unpaired) electrons. The lowest BCUT2D eigenvalue weighted by Gasteiger charge is -2.40. The van der Waals surface area contributed by atoms with Gasteiger partial charge < -0.3 is 10.0 Å². The van der Waals surface area contributed by atoms with Crippen LogP contribution in [-0.4, -0.2) is 63.7 Å². The van der Waals surface area contributed by atoms with Crippen molar-refractivity contribution in [2.45, 2.75) is 56.7 Å². The van der Waals surface area contributed by atoms with Crippen LogP contribution >= 0.6 is 0 Å². The van der Waals surface area contributed by atoms with Crippen LogP contribution in [0.4, 0.5) is 4.39 Å². The number of amides is 1. The van der Waals surface area contributed by atoms with Crippen LogP contribution < -0.4 is 5.56 Å². The summed E-state index contributed by atoms with van der Waals surface area (Å²) < 4.78 is 18.2. The van der Waals surface area contributed by atoms with E-state index in [9.17, 15) is 19.1 Å². The molecule has 0 atom stereocenters. The molecule has 38 heavy (non-hydrogen) atoms. The lowest BCUT2D eigenvalue weighted by molar-refractivity contribution is -0.141. The molecular formula is C27H30FN7O3. The summed E-state index contributed by atoms with van der Waals surface area (Å²) in [6.07, 6.45) is 11.0. The molecule has 10 nitrogen and oxygen atoms in total. The molecule has 1 amide bonds. The number of aromatic nitrogens is 6. The van der Waals surface area contributed by atoms with Gasteiger partial charge in [0.1, 0.15) is 17.5 Å². The van der Waals surface area contributed by atoms with Crippen LogP contribution in [0.2, 0.25) is 0 Å². The SMILES string of the molecule is O=C(C1CCC(n2cccn2)CC1)N1CCC(O)(Cn2cnc3c(cnn3-c3ccc(F)cc3)c2=O)CC1. The fraction of sp³-hybridized carbons (Fsp3) is 0.444. The molecule has 1 aliphatic heterocycles. The van der Waals surface area contributed by atoms with Crippen LogP contribution in [0.5, 0.6) is 0 Å². The van der Waals surface area contributed by atoms with Gasteiger partial charge in [-0.2, -0.15) is 10.2 Å². The van der Waals surface area contributed by atoms with Gasteiger partial charge in [-0.3, -0.25) is 18.8 Å². The summed E-state index contributed by atoms with van der Waals surface area (Å²) in [7, 11) is 0. The van der Waals surface area contributed by atoms with Crippen molar-refractivity contribution >= 4 is 16.9 Å². The Balaban J connectivity index is 1.09. The van der Waals surface area contributed by atoms with E-state index < -0.39 is 5.60 Å². The van der Waals surface area contributed by atoms with E-state index in [1.165, 1.54) is 33.9 Å². The molecular weight excluding hydrogens is 489 g/mol. The van der Waals surface area contributed by atoms with E-state index >= 15 is 0 Å². The van der Waals surface area contributed by atoms with Gasteiger partial charge in [-0.15, -0.1) is 0 Å². The van der Waals surface area contributed by atoms with Crippen LogP contribution in [0.25, 0.3) is 16.7 Å². The Morgan fingerprint density at radius 1 is 1.08 bits per heavy atom. The number of hydrogen-bond donors (Lipinski definition) is 1. The molecule has 2 aliphatic rings. The number of benzene rings is 1. The van der Waals surface area contributed by atoms with Crippen LogP contribution in [-0.2, 0) is 11.3 Å².